The Bertz CT molecular complexity index is 1490. The van der Waals surface area contributed by atoms with E-state index in [0.717, 1.165) is 39.1 Å². The molecule has 7 heteroatoms. The molecule has 34 heavy (non-hydrogen) atoms. The van der Waals surface area contributed by atoms with E-state index >= 15 is 0 Å². The highest BCUT2D eigenvalue weighted by Gasteiger charge is 2.17. The van der Waals surface area contributed by atoms with E-state index in [1.54, 1.807) is 17.1 Å². The van der Waals surface area contributed by atoms with Crippen LogP contribution in [-0.2, 0) is 6.54 Å². The minimum absolute atomic E-state index is 0. The molecule has 5 rings (SSSR count). The lowest BCUT2D eigenvalue weighted by Gasteiger charge is -2.16. The molecular weight excluding hydrogens is 424 g/mol. The first-order chi connectivity index (χ1) is 16.5. The van der Waals surface area contributed by atoms with Crippen molar-refractivity contribution in [1.82, 2.24) is 29.3 Å². The predicted molar refractivity (Wildman–Crippen MR) is 141 cm³/mol. The number of hydrogen-bond acceptors (Lipinski definition) is 5. The van der Waals surface area contributed by atoms with Gasteiger partial charge in [-0.1, -0.05) is 52.0 Å². The van der Waals surface area contributed by atoms with Gasteiger partial charge in [-0.15, -0.1) is 0 Å². The number of rotatable bonds is 3. The number of fused-ring (bicyclic) bond motifs is 2. The molecule has 178 valence electrons. The summed E-state index contributed by atoms with van der Waals surface area (Å²) in [5, 5.41) is 7.19. The highest BCUT2D eigenvalue weighted by Crippen LogP contribution is 2.22. The Balaban J connectivity index is 0.000000823. The molecule has 0 N–H and O–H groups in total. The molecule has 0 aliphatic rings. The molecule has 1 aromatic carbocycles. The third-order valence-electron chi connectivity index (χ3n) is 5.40. The van der Waals surface area contributed by atoms with E-state index in [1.807, 2.05) is 95.6 Å². The summed E-state index contributed by atoms with van der Waals surface area (Å²) in [7, 11) is 0. The van der Waals surface area contributed by atoms with Crippen LogP contribution in [0.2, 0.25) is 0 Å². The van der Waals surface area contributed by atoms with Crippen LogP contribution in [0.4, 0.5) is 0 Å². The van der Waals surface area contributed by atoms with Gasteiger partial charge in [0.15, 0.2) is 5.65 Å². The van der Waals surface area contributed by atoms with Crippen LogP contribution in [0, 0.1) is 20.8 Å². The number of hydrogen-bond donors (Lipinski definition) is 0. The number of pyridine rings is 2. The lowest BCUT2D eigenvalue weighted by atomic mass is 10.1. The molecule has 0 atom stereocenters. The van der Waals surface area contributed by atoms with E-state index in [0.29, 0.717) is 17.7 Å². The van der Waals surface area contributed by atoms with Gasteiger partial charge in [0.25, 0.3) is 5.56 Å². The number of aromatic nitrogens is 6. The molecule has 5 aromatic rings. The van der Waals surface area contributed by atoms with Crippen LogP contribution in [0.1, 0.15) is 51.8 Å². The minimum atomic E-state index is -0.0936. The monoisotopic (exact) mass is 458 g/mol. The van der Waals surface area contributed by atoms with Gasteiger partial charge >= 0.3 is 0 Å². The normalized spacial score (nSPS) is 10.4. The van der Waals surface area contributed by atoms with Gasteiger partial charge in [-0.2, -0.15) is 5.10 Å². The summed E-state index contributed by atoms with van der Waals surface area (Å²) < 4.78 is 3.52. The maximum absolute atomic E-state index is 13.5. The Labute approximate surface area is 201 Å². The molecule has 0 fully saturated rings. The van der Waals surface area contributed by atoms with E-state index in [1.165, 1.54) is 0 Å². The lowest BCUT2D eigenvalue weighted by molar-refractivity contribution is 0.660. The van der Waals surface area contributed by atoms with Crippen molar-refractivity contribution < 1.29 is 1.43 Å². The van der Waals surface area contributed by atoms with Gasteiger partial charge in [0.05, 0.1) is 29.0 Å². The average molecular weight is 459 g/mol. The van der Waals surface area contributed by atoms with Crippen LogP contribution < -0.4 is 5.56 Å². The van der Waals surface area contributed by atoms with Crippen LogP contribution in [0.3, 0.4) is 0 Å². The standard InChI is InChI=1S/C23H20N6O.2C2H6.H2/c1-14-7-6-10-24-21(14)29-18(11-17-8-4-5-9-19(17)23(29)30)12-28-22-20(16(3)27-28)15(2)25-13-26-22;2*1-2;/h4-11,13H,12H2,1-3H3;2*1-2H3;1H. The summed E-state index contributed by atoms with van der Waals surface area (Å²) in [5.41, 5.74) is 4.14. The Hall–Kier alpha value is -3.87. The van der Waals surface area contributed by atoms with Crippen molar-refractivity contribution in [3.8, 4) is 5.82 Å². The molecule has 0 spiro atoms. The third-order valence-corrected chi connectivity index (χ3v) is 5.40. The van der Waals surface area contributed by atoms with E-state index in [-0.39, 0.29) is 6.99 Å². The first kappa shape index (κ1) is 24.8. The summed E-state index contributed by atoms with van der Waals surface area (Å²) in [6.45, 7) is 14.2. The van der Waals surface area contributed by atoms with Crippen LogP contribution in [0.25, 0.3) is 27.6 Å². The fourth-order valence-electron chi connectivity index (χ4n) is 4.00. The molecule has 7 nitrogen and oxygen atoms in total. The maximum atomic E-state index is 13.5. The van der Waals surface area contributed by atoms with Gasteiger partial charge in [-0.05, 0) is 49.9 Å². The zero-order valence-corrected chi connectivity index (χ0v) is 21.0. The van der Waals surface area contributed by atoms with Gasteiger partial charge in [0, 0.05) is 13.0 Å². The smallest absolute Gasteiger partial charge is 0.264 e. The quantitative estimate of drug-likeness (QED) is 0.341. The SMILES string of the molecule is CC.CC.Cc1cccnc1-n1c(Cn2nc(C)c3c(C)ncnc32)cc2ccccc2c1=O.[HH]. The first-order valence-electron chi connectivity index (χ1n) is 11.7. The number of nitrogens with zero attached hydrogens (tertiary/aromatic N) is 6. The molecule has 0 saturated heterocycles. The topological polar surface area (TPSA) is 78.5 Å². The molecule has 0 amide bonds. The molecule has 0 saturated carbocycles. The predicted octanol–water partition coefficient (Wildman–Crippen LogP) is 5.80. The fraction of sp³-hybridized carbons (Fsp3) is 0.296. The molecule has 0 aliphatic heterocycles. The van der Waals surface area contributed by atoms with Crippen molar-refractivity contribution in [2.24, 2.45) is 0 Å². The molecule has 0 unspecified atom stereocenters. The van der Waals surface area contributed by atoms with E-state index < -0.39 is 0 Å². The van der Waals surface area contributed by atoms with Crippen LogP contribution in [0.15, 0.2) is 59.8 Å². The summed E-state index contributed by atoms with van der Waals surface area (Å²) in [5.74, 6) is 0.627. The largest absolute Gasteiger partial charge is 0.268 e. The van der Waals surface area contributed by atoms with E-state index in [2.05, 4.69) is 15.0 Å². The Morgan fingerprint density at radius 1 is 0.882 bits per heavy atom. The second-order valence-corrected chi connectivity index (χ2v) is 7.41. The Morgan fingerprint density at radius 3 is 2.35 bits per heavy atom. The van der Waals surface area contributed by atoms with Crippen LogP contribution in [-0.4, -0.2) is 29.3 Å². The fourth-order valence-corrected chi connectivity index (χ4v) is 4.00. The molecular formula is C27H34N6O. The number of aryl methyl sites for hydroxylation is 3. The van der Waals surface area contributed by atoms with Gasteiger partial charge in [-0.3, -0.25) is 9.36 Å². The van der Waals surface area contributed by atoms with Crippen molar-refractivity contribution in [3.63, 3.8) is 0 Å². The Morgan fingerprint density at radius 2 is 1.62 bits per heavy atom. The highest BCUT2D eigenvalue weighted by atomic mass is 16.1. The van der Waals surface area contributed by atoms with Crippen LogP contribution >= 0.6 is 0 Å². The third kappa shape index (κ3) is 4.46. The van der Waals surface area contributed by atoms with Crippen LogP contribution in [0.5, 0.6) is 0 Å². The van der Waals surface area contributed by atoms with E-state index in [9.17, 15) is 4.79 Å². The molecule has 4 heterocycles. The van der Waals surface area contributed by atoms with Crippen molar-refractivity contribution >= 4 is 21.8 Å². The van der Waals surface area contributed by atoms with Gasteiger partial charge in [-0.25, -0.2) is 19.6 Å². The van der Waals surface area contributed by atoms with E-state index in [4.69, 9.17) is 5.10 Å². The lowest BCUT2D eigenvalue weighted by Crippen LogP contribution is -2.25. The molecule has 0 bridgehead atoms. The molecule has 4 aromatic heterocycles. The van der Waals surface area contributed by atoms with Gasteiger partial charge in [0.2, 0.25) is 0 Å². The minimum Gasteiger partial charge on any atom is -0.268 e. The average Bonchev–Trinajstić information content (AvgIpc) is 3.19. The second-order valence-electron chi connectivity index (χ2n) is 7.41. The summed E-state index contributed by atoms with van der Waals surface area (Å²) >= 11 is 0. The first-order valence-corrected chi connectivity index (χ1v) is 11.7. The number of benzene rings is 1. The van der Waals surface area contributed by atoms with Crippen molar-refractivity contribution in [1.29, 1.82) is 0 Å². The summed E-state index contributed by atoms with van der Waals surface area (Å²) in [4.78, 5) is 26.7. The van der Waals surface area contributed by atoms with Gasteiger partial charge in [0.1, 0.15) is 12.1 Å². The van der Waals surface area contributed by atoms with Crippen molar-refractivity contribution in [2.75, 3.05) is 0 Å². The summed E-state index contributed by atoms with van der Waals surface area (Å²) in [6.07, 6.45) is 3.25. The highest BCUT2D eigenvalue weighted by molar-refractivity contribution is 5.83. The Kier molecular flexibility index (Phi) is 7.89. The zero-order chi connectivity index (χ0) is 24.8. The van der Waals surface area contributed by atoms with Gasteiger partial charge < -0.3 is 0 Å². The van der Waals surface area contributed by atoms with Crippen molar-refractivity contribution in [3.05, 3.63) is 88.0 Å². The maximum Gasteiger partial charge on any atom is 0.264 e. The zero-order valence-electron chi connectivity index (χ0n) is 21.0. The molecule has 0 aliphatic carbocycles. The summed E-state index contributed by atoms with van der Waals surface area (Å²) in [6, 6.07) is 13.5. The second kappa shape index (κ2) is 10.8. The molecule has 0 radical (unpaired) electrons. The van der Waals surface area contributed by atoms with Crippen molar-refractivity contribution in [2.45, 2.75) is 55.0 Å².